The molecule has 0 radical (unpaired) electrons. The van der Waals surface area contributed by atoms with Crippen molar-refractivity contribution < 1.29 is 18.0 Å². The minimum absolute atomic E-state index is 0. The maximum Gasteiger partial charge on any atom is 0.246 e. The van der Waals surface area contributed by atoms with Gasteiger partial charge in [0.25, 0.3) is 0 Å². The number of hydrogen-bond acceptors (Lipinski definition) is 6. The summed E-state index contributed by atoms with van der Waals surface area (Å²) >= 11 is 0. The van der Waals surface area contributed by atoms with E-state index in [1.54, 1.807) is 12.1 Å². The van der Waals surface area contributed by atoms with E-state index in [0.717, 1.165) is 93.5 Å². The second-order valence-electron chi connectivity index (χ2n) is 14.9. The maximum absolute atomic E-state index is 13.9. The predicted molar refractivity (Wildman–Crippen MR) is 202 cm³/mol. The lowest BCUT2D eigenvalue weighted by molar-refractivity contribution is -0.162. The number of likely N-dealkylation sites (tertiary alicyclic amines) is 1. The number of benzene rings is 1. The molecular weight excluding hydrogens is 695 g/mol. The van der Waals surface area contributed by atoms with Gasteiger partial charge in [0.1, 0.15) is 11.6 Å². The highest BCUT2D eigenvalue weighted by molar-refractivity contribution is 7.89. The van der Waals surface area contributed by atoms with Crippen LogP contribution in [0.4, 0.5) is 0 Å². The van der Waals surface area contributed by atoms with E-state index < -0.39 is 15.6 Å². The van der Waals surface area contributed by atoms with Gasteiger partial charge in [-0.3, -0.25) is 14.5 Å². The number of aryl methyl sites for hydroxylation is 1. The minimum Gasteiger partial charge on any atom is -0.342 e. The van der Waals surface area contributed by atoms with Crippen LogP contribution in [0.2, 0.25) is 0 Å². The molecule has 2 N–H and O–H groups in total. The van der Waals surface area contributed by atoms with Crippen LogP contribution in [0.3, 0.4) is 0 Å². The highest BCUT2D eigenvalue weighted by Crippen LogP contribution is 2.37. The molecule has 4 aliphatic rings. The Morgan fingerprint density at radius 1 is 0.920 bits per heavy atom. The van der Waals surface area contributed by atoms with Gasteiger partial charge in [0.2, 0.25) is 21.8 Å². The van der Waals surface area contributed by atoms with Crippen LogP contribution in [0.15, 0.2) is 29.2 Å². The highest BCUT2D eigenvalue weighted by atomic mass is 35.5. The van der Waals surface area contributed by atoms with Crippen molar-refractivity contribution in [2.24, 2.45) is 5.92 Å². The van der Waals surface area contributed by atoms with Crippen molar-refractivity contribution in [1.82, 2.24) is 29.6 Å². The zero-order valence-corrected chi connectivity index (χ0v) is 32.6. The summed E-state index contributed by atoms with van der Waals surface area (Å²) in [6.45, 7) is 9.01. The first-order chi connectivity index (χ1) is 23.1. The summed E-state index contributed by atoms with van der Waals surface area (Å²) < 4.78 is 30.8. The number of amides is 2. The average molecular weight is 754 g/mol. The third-order valence-corrected chi connectivity index (χ3v) is 13.2. The van der Waals surface area contributed by atoms with Gasteiger partial charge in [0, 0.05) is 43.5 Å². The number of unbranched alkanes of at least 4 members (excludes halogenated alkanes) is 1. The first-order valence-corrected chi connectivity index (χ1v) is 20.1. The number of halogens is 2. The molecule has 0 unspecified atom stereocenters. The van der Waals surface area contributed by atoms with Crippen LogP contribution >= 0.6 is 24.8 Å². The fourth-order valence-electron chi connectivity index (χ4n) is 8.66. The number of hydrogen-bond donors (Lipinski definition) is 2. The lowest BCUT2D eigenvalue weighted by atomic mass is 9.79. The quantitative estimate of drug-likeness (QED) is 0.276. The largest absolute Gasteiger partial charge is 0.342 e. The zero-order chi connectivity index (χ0) is 33.9. The van der Waals surface area contributed by atoms with Crippen LogP contribution in [0, 0.1) is 19.8 Å². The fraction of sp³-hybridized carbons (Fsp3) is 0.703. The summed E-state index contributed by atoms with van der Waals surface area (Å²) in [5.74, 6) is 0.690. The smallest absolute Gasteiger partial charge is 0.246 e. The Morgan fingerprint density at radius 2 is 1.54 bits per heavy atom. The Balaban J connectivity index is 0.00000281. The Labute approximate surface area is 311 Å². The number of sulfonamides is 1. The fourth-order valence-corrected chi connectivity index (χ4v) is 9.97. The van der Waals surface area contributed by atoms with Crippen LogP contribution in [-0.2, 0) is 26.2 Å². The Morgan fingerprint density at radius 3 is 2.16 bits per heavy atom. The van der Waals surface area contributed by atoms with Crippen LogP contribution in [-0.4, -0.2) is 77.1 Å². The van der Waals surface area contributed by atoms with Crippen molar-refractivity contribution >= 4 is 46.7 Å². The molecule has 2 saturated heterocycles. The van der Waals surface area contributed by atoms with E-state index in [-0.39, 0.29) is 53.6 Å². The minimum atomic E-state index is -3.57. The summed E-state index contributed by atoms with van der Waals surface area (Å²) in [5, 5.41) is 8.06. The van der Waals surface area contributed by atoms with Gasteiger partial charge in [0.05, 0.1) is 16.3 Å². The molecule has 3 heterocycles. The van der Waals surface area contributed by atoms with Crippen molar-refractivity contribution in [2.75, 3.05) is 19.6 Å². The molecule has 2 amide bonds. The number of carbonyl (C=O) groups is 2. The van der Waals surface area contributed by atoms with E-state index in [4.69, 9.17) is 5.10 Å². The lowest BCUT2D eigenvalue weighted by Crippen LogP contribution is -2.73. The molecule has 0 bridgehead atoms. The van der Waals surface area contributed by atoms with E-state index in [2.05, 4.69) is 28.8 Å². The second kappa shape index (κ2) is 17.6. The van der Waals surface area contributed by atoms with Gasteiger partial charge in [-0.05, 0) is 82.6 Å². The molecule has 4 fully saturated rings. The molecule has 6 rings (SSSR count). The summed E-state index contributed by atoms with van der Waals surface area (Å²) in [6.07, 6.45) is 15.1. The Hall–Kier alpha value is -2.18. The van der Waals surface area contributed by atoms with Crippen LogP contribution < -0.4 is 10.0 Å². The van der Waals surface area contributed by atoms with E-state index in [9.17, 15) is 18.0 Å². The van der Waals surface area contributed by atoms with Crippen molar-refractivity contribution in [3.8, 4) is 5.69 Å². The van der Waals surface area contributed by atoms with Gasteiger partial charge in [0.15, 0.2) is 0 Å². The number of nitrogens with zero attached hydrogens (tertiary/aromatic N) is 4. The zero-order valence-electron chi connectivity index (χ0n) is 30.1. The number of rotatable bonds is 11. The molecule has 2 aromatic rings. The first-order valence-electron chi connectivity index (χ1n) is 18.6. The second-order valence-corrected chi connectivity index (χ2v) is 16.6. The maximum atomic E-state index is 13.9. The molecule has 1 aromatic carbocycles. The Bertz CT molecular complexity index is 1550. The van der Waals surface area contributed by atoms with E-state index in [1.165, 1.54) is 25.7 Å². The molecule has 1 aromatic heterocycles. The molecule has 280 valence electrons. The van der Waals surface area contributed by atoms with Crippen LogP contribution in [0.25, 0.3) is 5.69 Å². The summed E-state index contributed by atoms with van der Waals surface area (Å²) in [4.78, 5) is 32.5. The standard InChI is InChI=1S/C37H56N6O4S.2ClH/c1-4-5-22-42-35(44)34(25-29-12-8-6-9-13-29)38-36(45)37(42)20-23-41(24-21-37)26-33-27(2)39-43(28(33)3)31-16-18-32(19-17-31)48(46,47)40-30-14-10-7-11-15-30;;/h16-19,29-30,34,40H,4-15,20-26H2,1-3H3,(H,38,45);2*1H/t34-;;/m0../s1. The van der Waals surface area contributed by atoms with Gasteiger partial charge in [-0.25, -0.2) is 17.8 Å². The van der Waals surface area contributed by atoms with Crippen LogP contribution in [0.5, 0.6) is 0 Å². The number of aromatic nitrogens is 2. The molecule has 10 nitrogen and oxygen atoms in total. The van der Waals surface area contributed by atoms with Crippen LogP contribution in [0.1, 0.15) is 120 Å². The number of piperazine rings is 1. The first kappa shape index (κ1) is 40.6. The Kier molecular flexibility index (Phi) is 14.3. The molecule has 50 heavy (non-hydrogen) atoms. The molecule has 2 aliphatic heterocycles. The molecule has 2 saturated carbocycles. The van der Waals surface area contributed by atoms with Crippen molar-refractivity contribution in [1.29, 1.82) is 0 Å². The van der Waals surface area contributed by atoms with Gasteiger partial charge < -0.3 is 10.2 Å². The number of carbonyl (C=O) groups excluding carboxylic acids is 2. The number of piperidine rings is 1. The van der Waals surface area contributed by atoms with E-state index in [0.29, 0.717) is 31.8 Å². The van der Waals surface area contributed by atoms with Crippen molar-refractivity contribution in [3.63, 3.8) is 0 Å². The molecule has 13 heteroatoms. The van der Waals surface area contributed by atoms with Crippen molar-refractivity contribution in [2.45, 2.75) is 146 Å². The lowest BCUT2D eigenvalue weighted by Gasteiger charge is -2.52. The topological polar surface area (TPSA) is 117 Å². The normalized spacial score (nSPS) is 22.2. The molecule has 1 atom stereocenters. The van der Waals surface area contributed by atoms with E-state index >= 15 is 0 Å². The summed E-state index contributed by atoms with van der Waals surface area (Å²) in [7, 11) is -3.57. The number of nitrogens with one attached hydrogen (secondary N) is 2. The molecular formula is C37H58Cl2N6O4S. The average Bonchev–Trinajstić information content (AvgIpc) is 3.37. The highest BCUT2D eigenvalue weighted by Gasteiger charge is 2.53. The van der Waals surface area contributed by atoms with Gasteiger partial charge in [-0.2, -0.15) is 5.10 Å². The van der Waals surface area contributed by atoms with Crippen molar-refractivity contribution in [3.05, 3.63) is 41.2 Å². The summed E-state index contributed by atoms with van der Waals surface area (Å²) in [6, 6.07) is 6.62. The third kappa shape index (κ3) is 8.71. The van der Waals surface area contributed by atoms with Gasteiger partial charge in [-0.1, -0.05) is 64.7 Å². The third-order valence-electron chi connectivity index (χ3n) is 11.7. The monoisotopic (exact) mass is 752 g/mol. The van der Waals surface area contributed by atoms with Gasteiger partial charge >= 0.3 is 0 Å². The molecule has 1 spiro atoms. The predicted octanol–water partition coefficient (Wildman–Crippen LogP) is 6.38. The molecule has 2 aliphatic carbocycles. The summed E-state index contributed by atoms with van der Waals surface area (Å²) in [5.41, 5.74) is 3.14. The van der Waals surface area contributed by atoms with Gasteiger partial charge in [-0.15, -0.1) is 24.8 Å². The van der Waals surface area contributed by atoms with E-state index in [1.807, 2.05) is 28.6 Å². The SMILES string of the molecule is CCCCN1C(=O)[C@H](CC2CCCCC2)NC(=O)C12CCN(Cc1c(C)nn(-c3ccc(S(=O)(=O)NC4CCCCC4)cc3)c1C)CC2.Cl.Cl.